The van der Waals surface area contributed by atoms with Gasteiger partial charge in [-0.05, 0) is 44.2 Å². The molecule has 0 bridgehead atoms. The van der Waals surface area contributed by atoms with Crippen LogP contribution < -0.4 is 4.90 Å². The van der Waals surface area contributed by atoms with E-state index in [9.17, 15) is 4.79 Å². The second-order valence-corrected chi connectivity index (χ2v) is 6.17. The Morgan fingerprint density at radius 1 is 1.04 bits per heavy atom. The molecule has 0 amide bonds. The third kappa shape index (κ3) is 3.17. The third-order valence-electron chi connectivity index (χ3n) is 4.43. The number of hydrogen-bond donors (Lipinski definition) is 0. The number of anilines is 2. The quantitative estimate of drug-likeness (QED) is 0.502. The van der Waals surface area contributed by atoms with Gasteiger partial charge in [-0.3, -0.25) is 4.79 Å². The lowest BCUT2D eigenvalue weighted by atomic mass is 10.1. The van der Waals surface area contributed by atoms with Crippen molar-refractivity contribution in [1.29, 1.82) is 0 Å². The molecule has 3 heterocycles. The number of Topliss-reactive ketones (excluding diaryl/α,β-unsaturated/α-hetero) is 1. The maximum Gasteiger partial charge on any atom is 0.159 e. The molecule has 0 atom stereocenters. The lowest BCUT2D eigenvalue weighted by molar-refractivity contribution is 0.101. The molecule has 4 rings (SSSR count). The van der Waals surface area contributed by atoms with Gasteiger partial charge in [0.25, 0.3) is 0 Å². The fourth-order valence-electron chi connectivity index (χ4n) is 3.06. The van der Waals surface area contributed by atoms with Crippen LogP contribution in [0.1, 0.15) is 24.2 Å². The lowest BCUT2D eigenvalue weighted by Gasteiger charge is -2.20. The Balaban J connectivity index is 1.82. The van der Waals surface area contributed by atoms with Crippen molar-refractivity contribution >= 4 is 23.1 Å². The van der Waals surface area contributed by atoms with Crippen LogP contribution in [0.15, 0.2) is 67.0 Å². The minimum atomic E-state index is 0.0339. The van der Waals surface area contributed by atoms with Crippen LogP contribution in [0.3, 0.4) is 0 Å². The first-order valence-electron chi connectivity index (χ1n) is 8.82. The first kappa shape index (κ1) is 16.9. The van der Waals surface area contributed by atoms with Crippen molar-refractivity contribution in [2.24, 2.45) is 0 Å². The molecular formula is C21H19N5O. The molecule has 0 unspecified atom stereocenters. The van der Waals surface area contributed by atoms with Crippen LogP contribution in [0, 0.1) is 0 Å². The molecule has 3 aromatic heterocycles. The standard InChI is InChI=1S/C21H19N5O/c1-3-25(19-9-4-5-12-22-19)21-11-10-20-23-14-18(26(20)24-21)17-8-6-7-16(13-17)15(2)27/h4-14H,3H2,1-2H3. The lowest BCUT2D eigenvalue weighted by Crippen LogP contribution is -2.19. The van der Waals surface area contributed by atoms with Crippen molar-refractivity contribution in [3.8, 4) is 11.3 Å². The Morgan fingerprint density at radius 3 is 2.67 bits per heavy atom. The summed E-state index contributed by atoms with van der Waals surface area (Å²) in [5.41, 5.74) is 3.16. The number of benzene rings is 1. The number of rotatable bonds is 5. The van der Waals surface area contributed by atoms with Gasteiger partial charge >= 0.3 is 0 Å². The highest BCUT2D eigenvalue weighted by Crippen LogP contribution is 2.25. The van der Waals surface area contributed by atoms with E-state index in [0.29, 0.717) is 5.56 Å². The molecular weight excluding hydrogens is 338 g/mol. The maximum atomic E-state index is 11.7. The normalized spacial score (nSPS) is 10.9. The molecule has 1 aromatic carbocycles. The number of imidazole rings is 1. The van der Waals surface area contributed by atoms with E-state index < -0.39 is 0 Å². The maximum absolute atomic E-state index is 11.7. The zero-order valence-corrected chi connectivity index (χ0v) is 15.2. The van der Waals surface area contributed by atoms with Gasteiger partial charge < -0.3 is 4.90 Å². The summed E-state index contributed by atoms with van der Waals surface area (Å²) in [6.07, 6.45) is 3.55. The molecule has 0 radical (unpaired) electrons. The Bertz CT molecular complexity index is 1100. The van der Waals surface area contributed by atoms with E-state index in [1.165, 1.54) is 0 Å². The third-order valence-corrected chi connectivity index (χ3v) is 4.43. The van der Waals surface area contributed by atoms with Gasteiger partial charge in [-0.2, -0.15) is 0 Å². The number of fused-ring (bicyclic) bond motifs is 1. The van der Waals surface area contributed by atoms with Crippen LogP contribution in [-0.4, -0.2) is 31.9 Å². The molecule has 134 valence electrons. The summed E-state index contributed by atoms with van der Waals surface area (Å²) in [7, 11) is 0. The molecule has 0 aliphatic carbocycles. The SMILES string of the molecule is CCN(c1ccccn1)c1ccc2ncc(-c3cccc(C(C)=O)c3)n2n1. The van der Waals surface area contributed by atoms with Crippen molar-refractivity contribution in [3.63, 3.8) is 0 Å². The van der Waals surface area contributed by atoms with Crippen LogP contribution in [0.2, 0.25) is 0 Å². The van der Waals surface area contributed by atoms with Crippen molar-refractivity contribution in [3.05, 3.63) is 72.6 Å². The van der Waals surface area contributed by atoms with E-state index in [1.54, 1.807) is 23.8 Å². The zero-order chi connectivity index (χ0) is 18.8. The average molecular weight is 357 g/mol. The minimum absolute atomic E-state index is 0.0339. The van der Waals surface area contributed by atoms with Crippen LogP contribution >= 0.6 is 0 Å². The summed E-state index contributed by atoms with van der Waals surface area (Å²) in [5.74, 6) is 1.66. The van der Waals surface area contributed by atoms with Gasteiger partial charge in [-0.25, -0.2) is 14.5 Å². The van der Waals surface area contributed by atoms with Gasteiger partial charge in [0.2, 0.25) is 0 Å². The minimum Gasteiger partial charge on any atom is -0.310 e. The highest BCUT2D eigenvalue weighted by atomic mass is 16.1. The number of carbonyl (C=O) groups is 1. The number of ketones is 1. The molecule has 4 aromatic rings. The average Bonchev–Trinajstić information content (AvgIpc) is 3.13. The Labute approximate surface area is 157 Å². The van der Waals surface area contributed by atoms with Crippen LogP contribution in [0.4, 0.5) is 11.6 Å². The highest BCUT2D eigenvalue weighted by molar-refractivity contribution is 5.95. The van der Waals surface area contributed by atoms with E-state index in [2.05, 4.69) is 16.9 Å². The number of hydrogen-bond acceptors (Lipinski definition) is 5. The monoisotopic (exact) mass is 357 g/mol. The second kappa shape index (κ2) is 6.99. The summed E-state index contributed by atoms with van der Waals surface area (Å²) in [6, 6.07) is 17.2. The van der Waals surface area contributed by atoms with Gasteiger partial charge in [0.15, 0.2) is 17.2 Å². The summed E-state index contributed by atoms with van der Waals surface area (Å²) >= 11 is 0. The summed E-state index contributed by atoms with van der Waals surface area (Å²) < 4.78 is 1.81. The first-order valence-corrected chi connectivity index (χ1v) is 8.82. The van der Waals surface area contributed by atoms with Crippen LogP contribution in [0.25, 0.3) is 16.9 Å². The second-order valence-electron chi connectivity index (χ2n) is 6.17. The Kier molecular flexibility index (Phi) is 4.38. The molecule has 0 saturated heterocycles. The van der Waals surface area contributed by atoms with Crippen LogP contribution in [-0.2, 0) is 0 Å². The topological polar surface area (TPSA) is 63.4 Å². The summed E-state index contributed by atoms with van der Waals surface area (Å²) in [6.45, 7) is 4.36. The van der Waals surface area contributed by atoms with Gasteiger partial charge in [-0.1, -0.05) is 24.3 Å². The largest absolute Gasteiger partial charge is 0.310 e. The molecule has 0 aliphatic rings. The fourth-order valence-corrected chi connectivity index (χ4v) is 3.06. The van der Waals surface area contributed by atoms with E-state index in [4.69, 9.17) is 5.10 Å². The Hall–Kier alpha value is -3.54. The molecule has 0 N–H and O–H groups in total. The molecule has 0 spiro atoms. The predicted octanol–water partition coefficient (Wildman–Crippen LogP) is 4.15. The van der Waals surface area contributed by atoms with Crippen molar-refractivity contribution < 1.29 is 4.79 Å². The van der Waals surface area contributed by atoms with Crippen molar-refractivity contribution in [1.82, 2.24) is 19.6 Å². The predicted molar refractivity (Wildman–Crippen MR) is 105 cm³/mol. The molecule has 0 fully saturated rings. The van der Waals surface area contributed by atoms with Crippen molar-refractivity contribution in [2.45, 2.75) is 13.8 Å². The van der Waals surface area contributed by atoms with E-state index in [1.807, 2.05) is 59.5 Å². The summed E-state index contributed by atoms with van der Waals surface area (Å²) in [5, 5.41) is 4.79. The smallest absolute Gasteiger partial charge is 0.159 e. The number of carbonyl (C=O) groups excluding carboxylic acids is 1. The molecule has 6 heteroatoms. The van der Waals surface area contributed by atoms with Crippen molar-refractivity contribution in [2.75, 3.05) is 11.4 Å². The van der Waals surface area contributed by atoms with E-state index in [0.717, 1.165) is 35.1 Å². The van der Waals surface area contributed by atoms with Crippen LogP contribution in [0.5, 0.6) is 0 Å². The molecule has 27 heavy (non-hydrogen) atoms. The Morgan fingerprint density at radius 2 is 1.93 bits per heavy atom. The van der Waals surface area contributed by atoms with Gasteiger partial charge in [0.1, 0.15) is 5.82 Å². The molecule has 0 saturated carbocycles. The first-order chi connectivity index (χ1) is 13.2. The number of aromatic nitrogens is 4. The summed E-state index contributed by atoms with van der Waals surface area (Å²) in [4.78, 5) is 22.6. The molecule has 0 aliphatic heterocycles. The van der Waals surface area contributed by atoms with E-state index >= 15 is 0 Å². The van der Waals surface area contributed by atoms with E-state index in [-0.39, 0.29) is 5.78 Å². The fraction of sp³-hybridized carbons (Fsp3) is 0.143. The highest BCUT2D eigenvalue weighted by Gasteiger charge is 2.14. The van der Waals surface area contributed by atoms with Gasteiger partial charge in [-0.15, -0.1) is 5.10 Å². The number of pyridine rings is 1. The van der Waals surface area contributed by atoms with Gasteiger partial charge in [0.05, 0.1) is 11.9 Å². The number of nitrogens with zero attached hydrogens (tertiary/aromatic N) is 5. The molecule has 6 nitrogen and oxygen atoms in total. The van der Waals surface area contributed by atoms with Gasteiger partial charge in [0, 0.05) is 23.9 Å². The zero-order valence-electron chi connectivity index (χ0n) is 15.2.